The first-order valence-electron chi connectivity index (χ1n) is 8.62. The van der Waals surface area contributed by atoms with Gasteiger partial charge in [-0.3, -0.25) is 4.99 Å². The molecule has 0 saturated carbocycles. The quantitative estimate of drug-likeness (QED) is 0.283. The molecule has 29 heavy (non-hydrogen) atoms. The van der Waals surface area contributed by atoms with E-state index in [1.165, 1.54) is 0 Å². The number of nitrogens with zero attached hydrogens (tertiary/aromatic N) is 3. The van der Waals surface area contributed by atoms with Crippen LogP contribution in [0.3, 0.4) is 0 Å². The topological polar surface area (TPSA) is 72.7 Å². The average Bonchev–Trinajstić information content (AvgIpc) is 3.20. The molecular formula is C20H23ClIN5O2. The molecule has 0 unspecified atom stereocenters. The Hall–Kier alpha value is -2.46. The van der Waals surface area contributed by atoms with Gasteiger partial charge in [-0.25, -0.2) is 4.68 Å². The Morgan fingerprint density at radius 3 is 2.48 bits per heavy atom. The molecule has 1 aromatic heterocycles. The van der Waals surface area contributed by atoms with Gasteiger partial charge >= 0.3 is 0 Å². The minimum atomic E-state index is 0. The van der Waals surface area contributed by atoms with Crippen molar-refractivity contribution in [2.24, 2.45) is 4.99 Å². The van der Waals surface area contributed by atoms with Crippen LogP contribution in [0.15, 0.2) is 59.9 Å². The van der Waals surface area contributed by atoms with Crippen molar-refractivity contribution >= 4 is 47.2 Å². The Kier molecular flexibility index (Phi) is 8.59. The summed E-state index contributed by atoms with van der Waals surface area (Å²) < 4.78 is 12.4. The van der Waals surface area contributed by atoms with Gasteiger partial charge in [0, 0.05) is 42.1 Å². The van der Waals surface area contributed by atoms with Crippen LogP contribution in [0.25, 0.3) is 5.69 Å². The highest BCUT2D eigenvalue weighted by Crippen LogP contribution is 2.29. The van der Waals surface area contributed by atoms with Crippen LogP contribution in [0.2, 0.25) is 5.02 Å². The van der Waals surface area contributed by atoms with Crippen LogP contribution in [0.1, 0.15) is 5.56 Å². The lowest BCUT2D eigenvalue weighted by molar-refractivity contribution is 0.355. The van der Waals surface area contributed by atoms with Gasteiger partial charge in [0.2, 0.25) is 0 Å². The van der Waals surface area contributed by atoms with E-state index in [2.05, 4.69) is 20.7 Å². The molecule has 0 aliphatic rings. The predicted octanol–water partition coefficient (Wildman–Crippen LogP) is 4.35. The van der Waals surface area contributed by atoms with Gasteiger partial charge in [0.25, 0.3) is 0 Å². The Labute approximate surface area is 192 Å². The number of anilines is 1. The molecule has 154 valence electrons. The molecule has 0 amide bonds. The van der Waals surface area contributed by atoms with E-state index in [1.54, 1.807) is 25.9 Å². The van der Waals surface area contributed by atoms with Crippen molar-refractivity contribution in [3.05, 3.63) is 65.4 Å². The van der Waals surface area contributed by atoms with Crippen LogP contribution in [0, 0.1) is 0 Å². The number of nitrogens with one attached hydrogen (secondary N) is 2. The van der Waals surface area contributed by atoms with Gasteiger partial charge in [-0.2, -0.15) is 5.10 Å². The zero-order valence-corrected chi connectivity index (χ0v) is 19.4. The highest BCUT2D eigenvalue weighted by Gasteiger charge is 2.07. The van der Waals surface area contributed by atoms with Crippen molar-refractivity contribution in [1.29, 1.82) is 0 Å². The summed E-state index contributed by atoms with van der Waals surface area (Å²) in [4.78, 5) is 4.25. The van der Waals surface area contributed by atoms with E-state index in [4.69, 9.17) is 21.1 Å². The minimum absolute atomic E-state index is 0. The van der Waals surface area contributed by atoms with Gasteiger partial charge in [-0.1, -0.05) is 11.6 Å². The van der Waals surface area contributed by atoms with Crippen molar-refractivity contribution in [3.8, 4) is 17.2 Å². The largest absolute Gasteiger partial charge is 0.493 e. The van der Waals surface area contributed by atoms with Crippen molar-refractivity contribution in [2.45, 2.75) is 6.54 Å². The molecule has 0 bridgehead atoms. The average molecular weight is 528 g/mol. The summed E-state index contributed by atoms with van der Waals surface area (Å²) in [5.41, 5.74) is 2.80. The summed E-state index contributed by atoms with van der Waals surface area (Å²) in [5, 5.41) is 11.6. The number of rotatable bonds is 6. The van der Waals surface area contributed by atoms with E-state index in [0.29, 0.717) is 29.0 Å². The van der Waals surface area contributed by atoms with E-state index in [9.17, 15) is 0 Å². The second-order valence-electron chi connectivity index (χ2n) is 5.89. The third-order valence-electron chi connectivity index (χ3n) is 4.06. The summed E-state index contributed by atoms with van der Waals surface area (Å²) in [6.07, 6.45) is 3.77. The molecule has 0 saturated heterocycles. The molecule has 1 heterocycles. The number of aliphatic imine (C=N–C) groups is 1. The van der Waals surface area contributed by atoms with E-state index in [1.807, 2.05) is 54.9 Å². The summed E-state index contributed by atoms with van der Waals surface area (Å²) in [6.45, 7) is 0.570. The Balaban J connectivity index is 0.00000300. The smallest absolute Gasteiger partial charge is 0.195 e. The summed E-state index contributed by atoms with van der Waals surface area (Å²) in [7, 11) is 4.93. The number of hydrogen-bond acceptors (Lipinski definition) is 4. The van der Waals surface area contributed by atoms with Gasteiger partial charge in [0.15, 0.2) is 17.5 Å². The summed E-state index contributed by atoms with van der Waals surface area (Å²) in [5.74, 6) is 1.95. The Morgan fingerprint density at radius 2 is 1.83 bits per heavy atom. The maximum Gasteiger partial charge on any atom is 0.195 e. The number of guanidine groups is 1. The molecule has 0 atom stereocenters. The Bertz CT molecular complexity index is 960. The van der Waals surface area contributed by atoms with Crippen molar-refractivity contribution in [1.82, 2.24) is 15.1 Å². The molecule has 0 aliphatic heterocycles. The van der Waals surface area contributed by atoms with Gasteiger partial charge in [0.05, 0.1) is 26.1 Å². The molecule has 0 radical (unpaired) electrons. The molecular weight excluding hydrogens is 505 g/mol. The van der Waals surface area contributed by atoms with Gasteiger partial charge < -0.3 is 20.1 Å². The first-order chi connectivity index (χ1) is 13.6. The minimum Gasteiger partial charge on any atom is -0.493 e. The maximum absolute atomic E-state index is 5.93. The second-order valence-corrected chi connectivity index (χ2v) is 6.33. The SMILES string of the molecule is CN=C(NCc1cnn(-c2ccc(Cl)cc2)c1)Nc1ccc(OC)c(OC)c1.I. The molecule has 3 aromatic rings. The van der Waals surface area contributed by atoms with Crippen molar-refractivity contribution in [3.63, 3.8) is 0 Å². The third kappa shape index (κ3) is 6.01. The lowest BCUT2D eigenvalue weighted by Gasteiger charge is -2.13. The predicted molar refractivity (Wildman–Crippen MR) is 127 cm³/mol. The zero-order valence-electron chi connectivity index (χ0n) is 16.3. The normalized spacial score (nSPS) is 10.8. The van der Waals surface area contributed by atoms with E-state index in [-0.39, 0.29) is 24.0 Å². The molecule has 3 rings (SSSR count). The lowest BCUT2D eigenvalue weighted by Crippen LogP contribution is -2.30. The molecule has 0 aliphatic carbocycles. The van der Waals surface area contributed by atoms with Crippen LogP contribution in [-0.4, -0.2) is 37.0 Å². The highest BCUT2D eigenvalue weighted by atomic mass is 127. The van der Waals surface area contributed by atoms with Gasteiger partial charge in [-0.05, 0) is 36.4 Å². The van der Waals surface area contributed by atoms with E-state index < -0.39 is 0 Å². The van der Waals surface area contributed by atoms with Crippen LogP contribution in [0.4, 0.5) is 5.69 Å². The van der Waals surface area contributed by atoms with Crippen LogP contribution in [-0.2, 0) is 6.54 Å². The summed E-state index contributed by atoms with van der Waals surface area (Å²) in [6, 6.07) is 13.1. The van der Waals surface area contributed by atoms with E-state index in [0.717, 1.165) is 16.9 Å². The van der Waals surface area contributed by atoms with Crippen LogP contribution < -0.4 is 20.1 Å². The fraction of sp³-hybridized carbons (Fsp3) is 0.200. The molecule has 2 aromatic carbocycles. The standard InChI is InChI=1S/C20H22ClN5O2.HI/c1-22-20(25-16-6-9-18(27-2)19(10-16)28-3)23-11-14-12-24-26(13-14)17-7-4-15(21)5-8-17;/h4-10,12-13H,11H2,1-3H3,(H2,22,23,25);1H. The lowest BCUT2D eigenvalue weighted by atomic mass is 10.2. The first kappa shape index (κ1) is 22.8. The third-order valence-corrected chi connectivity index (χ3v) is 4.31. The zero-order chi connectivity index (χ0) is 19.9. The van der Waals surface area contributed by atoms with Crippen molar-refractivity contribution in [2.75, 3.05) is 26.6 Å². The Morgan fingerprint density at radius 1 is 1.10 bits per heavy atom. The number of ether oxygens (including phenoxy) is 2. The van der Waals surface area contributed by atoms with E-state index >= 15 is 0 Å². The number of benzene rings is 2. The van der Waals surface area contributed by atoms with Gasteiger partial charge in [-0.15, -0.1) is 24.0 Å². The van der Waals surface area contributed by atoms with Crippen LogP contribution >= 0.6 is 35.6 Å². The molecule has 0 fully saturated rings. The number of methoxy groups -OCH3 is 2. The first-order valence-corrected chi connectivity index (χ1v) is 9.00. The monoisotopic (exact) mass is 527 g/mol. The molecule has 0 spiro atoms. The number of halogens is 2. The maximum atomic E-state index is 5.93. The second kappa shape index (κ2) is 10.9. The fourth-order valence-corrected chi connectivity index (χ4v) is 2.73. The van der Waals surface area contributed by atoms with Gasteiger partial charge in [0.1, 0.15) is 0 Å². The van der Waals surface area contributed by atoms with Crippen LogP contribution in [0.5, 0.6) is 11.5 Å². The number of hydrogen-bond donors (Lipinski definition) is 2. The summed E-state index contributed by atoms with van der Waals surface area (Å²) >= 11 is 5.93. The molecule has 2 N–H and O–H groups in total. The molecule has 9 heteroatoms. The number of aromatic nitrogens is 2. The molecule has 7 nitrogen and oxygen atoms in total. The highest BCUT2D eigenvalue weighted by molar-refractivity contribution is 14.0. The van der Waals surface area contributed by atoms with Crippen molar-refractivity contribution < 1.29 is 9.47 Å². The fourth-order valence-electron chi connectivity index (χ4n) is 2.60.